The summed E-state index contributed by atoms with van der Waals surface area (Å²) in [6.07, 6.45) is 8.78. The van der Waals surface area contributed by atoms with E-state index in [1.165, 1.54) is 25.7 Å². The molecule has 0 aliphatic carbocycles. The minimum atomic E-state index is -2.34. The summed E-state index contributed by atoms with van der Waals surface area (Å²) in [6, 6.07) is 0. The van der Waals surface area contributed by atoms with Gasteiger partial charge in [0.1, 0.15) is 0 Å². The van der Waals surface area contributed by atoms with Crippen molar-refractivity contribution in [1.29, 1.82) is 0 Å². The zero-order valence-corrected chi connectivity index (χ0v) is 14.6. The van der Waals surface area contributed by atoms with Crippen molar-refractivity contribution in [1.82, 2.24) is 0 Å². The normalized spacial score (nSPS) is 11.9. The predicted molar refractivity (Wildman–Crippen MR) is 82.1 cm³/mol. The first kappa shape index (κ1) is 18.8. The Balaban J connectivity index is 3.05. The van der Waals surface area contributed by atoms with Crippen LogP contribution in [0, 0.1) is 0 Å². The average Bonchev–Trinajstić information content (AvgIpc) is 2.28. The number of halogens is 2. The van der Waals surface area contributed by atoms with E-state index < -0.39 is 5.55 Å². The summed E-state index contributed by atoms with van der Waals surface area (Å²) in [7, 11) is -0.00291. The first-order valence-electron chi connectivity index (χ1n) is 7.52. The molecule has 0 atom stereocenters. The second-order valence-corrected chi connectivity index (χ2v) is 7.12. The molecule has 4 heteroatoms. The van der Waals surface area contributed by atoms with E-state index in [-0.39, 0.29) is 16.7 Å². The topological polar surface area (TPSA) is 9.23 Å². The molecule has 0 fully saturated rings. The van der Waals surface area contributed by atoms with Gasteiger partial charge in [-0.05, 0) is 19.8 Å². The van der Waals surface area contributed by atoms with Crippen molar-refractivity contribution < 1.29 is 13.5 Å². The number of ether oxygens (including phenoxy) is 1. The summed E-state index contributed by atoms with van der Waals surface area (Å²) in [5, 5.41) is 0. The average molecular weight is 292 g/mol. The lowest BCUT2D eigenvalue weighted by atomic mass is 10.1. The van der Waals surface area contributed by atoms with E-state index in [9.17, 15) is 8.78 Å². The highest BCUT2D eigenvalue weighted by atomic mass is 28.1. The molecule has 0 bridgehead atoms. The van der Waals surface area contributed by atoms with Crippen LogP contribution in [0.1, 0.15) is 64.7 Å². The molecular weight excluding hydrogens is 262 g/mol. The lowest BCUT2D eigenvalue weighted by molar-refractivity contribution is 0.0819. The summed E-state index contributed by atoms with van der Waals surface area (Å²) in [4.78, 5) is 0. The van der Waals surface area contributed by atoms with Crippen molar-refractivity contribution in [2.75, 3.05) is 13.2 Å². The predicted octanol–water partition coefficient (Wildman–Crippen LogP) is 4.05. The molecule has 0 aromatic heterocycles. The summed E-state index contributed by atoms with van der Waals surface area (Å²) < 4.78 is 30.6. The molecule has 0 spiro atoms. The summed E-state index contributed by atoms with van der Waals surface area (Å²) in [5.74, 6) is 0. The highest BCUT2D eigenvalue weighted by molar-refractivity contribution is 6.13. The second kappa shape index (κ2) is 11.6. The van der Waals surface area contributed by atoms with Gasteiger partial charge in [0, 0.05) is 13.0 Å². The third kappa shape index (κ3) is 17.8. The first-order chi connectivity index (χ1) is 8.92. The van der Waals surface area contributed by atoms with Gasteiger partial charge in [-0.1, -0.05) is 50.7 Å². The summed E-state index contributed by atoms with van der Waals surface area (Å²) >= 11 is 0. The zero-order chi connectivity index (χ0) is 14.6. The van der Waals surface area contributed by atoms with Crippen LogP contribution < -0.4 is 0 Å². The van der Waals surface area contributed by atoms with Crippen LogP contribution in [0.3, 0.4) is 0 Å². The Kier molecular flexibility index (Phi) is 11.5. The van der Waals surface area contributed by atoms with E-state index >= 15 is 0 Å². The molecule has 0 rings (SSSR count). The zero-order valence-electron chi connectivity index (χ0n) is 12.6. The molecule has 0 heterocycles. The van der Waals surface area contributed by atoms with Crippen LogP contribution in [0.15, 0.2) is 12.2 Å². The molecular formula is C15H30F2OSi. The fourth-order valence-corrected chi connectivity index (χ4v) is 2.30. The second-order valence-electron chi connectivity index (χ2n) is 5.66. The Morgan fingerprint density at radius 3 is 1.95 bits per heavy atom. The van der Waals surface area contributed by atoms with Crippen molar-refractivity contribution in [3.8, 4) is 0 Å². The van der Waals surface area contributed by atoms with Crippen molar-refractivity contribution in [2.45, 2.75) is 70.3 Å². The third-order valence-electron chi connectivity index (χ3n) is 3.00. The van der Waals surface area contributed by atoms with Gasteiger partial charge in [-0.25, -0.2) is 8.78 Å². The Labute approximate surface area is 120 Å². The molecule has 0 unspecified atom stereocenters. The van der Waals surface area contributed by atoms with Crippen LogP contribution in [-0.4, -0.2) is 29.0 Å². The van der Waals surface area contributed by atoms with Gasteiger partial charge in [0.25, 0.3) is 0 Å². The van der Waals surface area contributed by atoms with Gasteiger partial charge in [-0.2, -0.15) is 0 Å². The van der Waals surface area contributed by atoms with Gasteiger partial charge in [-0.3, -0.25) is 0 Å². The largest absolute Gasteiger partial charge is 0.377 e. The maximum absolute atomic E-state index is 12.6. The minimum Gasteiger partial charge on any atom is -0.377 e. The van der Waals surface area contributed by atoms with E-state index in [0.29, 0.717) is 13.0 Å². The maximum Gasteiger partial charge on any atom is 0.219 e. The number of unbranched alkanes of at least 4 members (excludes halogenated alkanes) is 7. The number of hydrogen-bond donors (Lipinski definition) is 0. The van der Waals surface area contributed by atoms with Crippen molar-refractivity contribution in [2.24, 2.45) is 0 Å². The number of alkyl halides is 2. The lowest BCUT2D eigenvalue weighted by Gasteiger charge is -2.09. The fraction of sp³-hybridized carbons (Fsp3) is 0.867. The summed E-state index contributed by atoms with van der Waals surface area (Å²) in [5.41, 5.74) is -1.27. The van der Waals surface area contributed by atoms with Gasteiger partial charge in [0.05, 0.1) is 16.8 Å². The van der Waals surface area contributed by atoms with Crippen LogP contribution in [0.25, 0.3) is 0 Å². The molecule has 0 saturated heterocycles. The van der Waals surface area contributed by atoms with Gasteiger partial charge in [0.15, 0.2) is 0 Å². The molecule has 0 amide bonds. The SMILES string of the molecule is C=C(C)COCCCCCCCCCCC(F)(F)[SiH3]. The van der Waals surface area contributed by atoms with Crippen LogP contribution in [0.5, 0.6) is 0 Å². The monoisotopic (exact) mass is 292 g/mol. The quantitative estimate of drug-likeness (QED) is 0.283. The van der Waals surface area contributed by atoms with E-state index in [1.807, 2.05) is 6.92 Å². The Hall–Kier alpha value is -0.223. The van der Waals surface area contributed by atoms with Crippen LogP contribution >= 0.6 is 0 Å². The molecule has 1 nitrogen and oxygen atoms in total. The first-order valence-corrected chi connectivity index (χ1v) is 8.52. The smallest absolute Gasteiger partial charge is 0.219 e. The molecule has 19 heavy (non-hydrogen) atoms. The maximum atomic E-state index is 12.6. The lowest BCUT2D eigenvalue weighted by Crippen LogP contribution is -2.14. The van der Waals surface area contributed by atoms with E-state index in [4.69, 9.17) is 4.74 Å². The Bertz CT molecular complexity index is 227. The fourth-order valence-electron chi connectivity index (χ4n) is 1.95. The van der Waals surface area contributed by atoms with Crippen molar-refractivity contribution >= 4 is 10.2 Å². The Morgan fingerprint density at radius 1 is 1.00 bits per heavy atom. The molecule has 0 aromatic carbocycles. The molecule has 0 N–H and O–H groups in total. The van der Waals surface area contributed by atoms with E-state index in [0.717, 1.165) is 31.4 Å². The molecule has 0 aliphatic heterocycles. The molecule has 114 valence electrons. The number of hydrogen-bond acceptors (Lipinski definition) is 1. The molecule has 0 saturated carbocycles. The third-order valence-corrected chi connectivity index (χ3v) is 3.50. The Morgan fingerprint density at radius 2 is 1.47 bits per heavy atom. The van der Waals surface area contributed by atoms with Gasteiger partial charge in [-0.15, -0.1) is 0 Å². The highest BCUT2D eigenvalue weighted by Crippen LogP contribution is 2.18. The minimum absolute atomic E-state index is 0.00291. The summed E-state index contributed by atoms with van der Waals surface area (Å²) in [6.45, 7) is 7.25. The molecule has 0 aliphatic rings. The van der Waals surface area contributed by atoms with Crippen LogP contribution in [0.4, 0.5) is 8.78 Å². The van der Waals surface area contributed by atoms with E-state index in [1.54, 1.807) is 0 Å². The number of rotatable bonds is 13. The van der Waals surface area contributed by atoms with Crippen molar-refractivity contribution in [3.05, 3.63) is 12.2 Å². The van der Waals surface area contributed by atoms with Crippen molar-refractivity contribution in [3.63, 3.8) is 0 Å². The van der Waals surface area contributed by atoms with Crippen LogP contribution in [-0.2, 0) is 4.74 Å². The standard InChI is InChI=1S/C15H30F2OSi/c1-14(2)13-18-12-10-8-6-4-3-5-7-9-11-15(16,17)19/h1,3-13H2,2,19H3. The highest BCUT2D eigenvalue weighted by Gasteiger charge is 2.18. The van der Waals surface area contributed by atoms with Gasteiger partial charge < -0.3 is 4.74 Å². The molecule has 0 radical (unpaired) electrons. The van der Waals surface area contributed by atoms with Crippen LogP contribution in [0.2, 0.25) is 0 Å². The molecule has 0 aromatic rings. The van der Waals surface area contributed by atoms with Gasteiger partial charge in [0.2, 0.25) is 5.55 Å². The van der Waals surface area contributed by atoms with Gasteiger partial charge >= 0.3 is 0 Å². The van der Waals surface area contributed by atoms with E-state index in [2.05, 4.69) is 6.58 Å².